The number of alkyl halides is 1. The van der Waals surface area contributed by atoms with Gasteiger partial charge in [-0.2, -0.15) is 0 Å². The van der Waals surface area contributed by atoms with Gasteiger partial charge >= 0.3 is 0 Å². The van der Waals surface area contributed by atoms with Crippen LogP contribution < -0.4 is 5.32 Å². The van der Waals surface area contributed by atoms with E-state index in [4.69, 9.17) is 4.42 Å². The SMILES string of the molecule is CC(C)(CCCBr)CNC(=O)c1ccoc1. The van der Waals surface area contributed by atoms with E-state index in [1.807, 2.05) is 0 Å². The van der Waals surface area contributed by atoms with Gasteiger partial charge in [-0.25, -0.2) is 0 Å². The van der Waals surface area contributed by atoms with Crippen LogP contribution in [0, 0.1) is 5.41 Å². The highest BCUT2D eigenvalue weighted by Crippen LogP contribution is 2.21. The third kappa shape index (κ3) is 4.39. The van der Waals surface area contributed by atoms with Crippen molar-refractivity contribution in [2.75, 3.05) is 11.9 Å². The maximum Gasteiger partial charge on any atom is 0.254 e. The molecular weight excluding hydrogens is 270 g/mol. The molecule has 0 atom stereocenters. The zero-order chi connectivity index (χ0) is 12.0. The van der Waals surface area contributed by atoms with Crippen LogP contribution in [-0.2, 0) is 0 Å². The Kier molecular flexibility index (Phi) is 5.06. The predicted molar refractivity (Wildman–Crippen MR) is 67.9 cm³/mol. The van der Waals surface area contributed by atoms with E-state index in [2.05, 4.69) is 35.1 Å². The molecule has 0 unspecified atom stereocenters. The number of furan rings is 1. The molecule has 4 heteroatoms. The van der Waals surface area contributed by atoms with Crippen molar-refractivity contribution in [1.82, 2.24) is 5.32 Å². The molecule has 0 aliphatic carbocycles. The summed E-state index contributed by atoms with van der Waals surface area (Å²) in [4.78, 5) is 11.6. The number of carbonyl (C=O) groups excluding carboxylic acids is 1. The Morgan fingerprint density at radius 2 is 2.31 bits per heavy atom. The number of amides is 1. The van der Waals surface area contributed by atoms with Crippen LogP contribution in [-0.4, -0.2) is 17.8 Å². The summed E-state index contributed by atoms with van der Waals surface area (Å²) in [5.41, 5.74) is 0.712. The summed E-state index contributed by atoms with van der Waals surface area (Å²) in [5.74, 6) is -0.0688. The zero-order valence-corrected chi connectivity index (χ0v) is 11.3. The van der Waals surface area contributed by atoms with Gasteiger partial charge in [0.05, 0.1) is 11.8 Å². The van der Waals surface area contributed by atoms with Crippen LogP contribution in [0.15, 0.2) is 23.0 Å². The lowest BCUT2D eigenvalue weighted by atomic mass is 9.88. The van der Waals surface area contributed by atoms with Gasteiger partial charge in [-0.05, 0) is 24.3 Å². The summed E-state index contributed by atoms with van der Waals surface area (Å²) in [6.07, 6.45) is 5.17. The first-order chi connectivity index (χ1) is 7.55. The van der Waals surface area contributed by atoms with Crippen LogP contribution in [0.3, 0.4) is 0 Å². The fraction of sp³-hybridized carbons (Fsp3) is 0.583. The number of halogens is 1. The van der Waals surface area contributed by atoms with Crippen molar-refractivity contribution in [3.8, 4) is 0 Å². The van der Waals surface area contributed by atoms with Gasteiger partial charge in [0.2, 0.25) is 0 Å². The van der Waals surface area contributed by atoms with Crippen molar-refractivity contribution < 1.29 is 9.21 Å². The zero-order valence-electron chi connectivity index (χ0n) is 9.75. The van der Waals surface area contributed by atoms with Crippen LogP contribution in [0.5, 0.6) is 0 Å². The van der Waals surface area contributed by atoms with Gasteiger partial charge in [-0.15, -0.1) is 0 Å². The molecule has 1 aromatic heterocycles. The molecule has 0 bridgehead atoms. The van der Waals surface area contributed by atoms with Crippen molar-refractivity contribution in [2.45, 2.75) is 26.7 Å². The van der Waals surface area contributed by atoms with E-state index in [-0.39, 0.29) is 11.3 Å². The van der Waals surface area contributed by atoms with E-state index in [1.165, 1.54) is 12.5 Å². The van der Waals surface area contributed by atoms with Crippen LogP contribution in [0.2, 0.25) is 0 Å². The molecule has 0 saturated carbocycles. The molecule has 0 saturated heterocycles. The molecule has 0 aromatic carbocycles. The first kappa shape index (κ1) is 13.3. The molecule has 0 spiro atoms. The van der Waals surface area contributed by atoms with Gasteiger partial charge in [0.1, 0.15) is 6.26 Å². The number of hydrogen-bond acceptors (Lipinski definition) is 2. The lowest BCUT2D eigenvalue weighted by molar-refractivity contribution is 0.0934. The average molecular weight is 288 g/mol. The first-order valence-corrected chi connectivity index (χ1v) is 6.54. The molecule has 0 radical (unpaired) electrons. The largest absolute Gasteiger partial charge is 0.472 e. The highest BCUT2D eigenvalue weighted by atomic mass is 79.9. The van der Waals surface area contributed by atoms with Crippen molar-refractivity contribution in [1.29, 1.82) is 0 Å². The highest BCUT2D eigenvalue weighted by molar-refractivity contribution is 9.09. The summed E-state index contributed by atoms with van der Waals surface area (Å²) >= 11 is 3.41. The molecule has 1 aromatic rings. The second-order valence-electron chi connectivity index (χ2n) is 4.65. The minimum absolute atomic E-state index is 0.0688. The molecule has 1 N–H and O–H groups in total. The lowest BCUT2D eigenvalue weighted by Crippen LogP contribution is -2.33. The molecule has 1 amide bonds. The summed E-state index contributed by atoms with van der Waals surface area (Å²) in [6, 6.07) is 1.67. The van der Waals surface area contributed by atoms with E-state index in [0.717, 1.165) is 18.2 Å². The van der Waals surface area contributed by atoms with Gasteiger partial charge in [-0.1, -0.05) is 29.8 Å². The third-order valence-electron chi connectivity index (χ3n) is 2.50. The van der Waals surface area contributed by atoms with Crippen molar-refractivity contribution in [3.63, 3.8) is 0 Å². The van der Waals surface area contributed by atoms with E-state index in [1.54, 1.807) is 6.07 Å². The van der Waals surface area contributed by atoms with Crippen LogP contribution >= 0.6 is 15.9 Å². The number of hydrogen-bond donors (Lipinski definition) is 1. The minimum Gasteiger partial charge on any atom is -0.472 e. The second kappa shape index (κ2) is 6.09. The van der Waals surface area contributed by atoms with E-state index < -0.39 is 0 Å². The smallest absolute Gasteiger partial charge is 0.254 e. The van der Waals surface area contributed by atoms with Crippen LogP contribution in [0.1, 0.15) is 37.0 Å². The molecule has 16 heavy (non-hydrogen) atoms. The van der Waals surface area contributed by atoms with Crippen molar-refractivity contribution in [2.24, 2.45) is 5.41 Å². The van der Waals surface area contributed by atoms with E-state index in [0.29, 0.717) is 12.1 Å². The molecule has 0 aliphatic rings. The Bertz CT molecular complexity index is 320. The Morgan fingerprint density at radius 1 is 1.56 bits per heavy atom. The maximum atomic E-state index is 11.6. The monoisotopic (exact) mass is 287 g/mol. The Morgan fingerprint density at radius 3 is 2.88 bits per heavy atom. The molecule has 0 fully saturated rings. The van der Waals surface area contributed by atoms with Gasteiger partial charge in [0.25, 0.3) is 5.91 Å². The predicted octanol–water partition coefficient (Wildman–Crippen LogP) is 3.21. The first-order valence-electron chi connectivity index (χ1n) is 5.41. The van der Waals surface area contributed by atoms with Gasteiger partial charge < -0.3 is 9.73 Å². The van der Waals surface area contributed by atoms with Gasteiger partial charge in [0, 0.05) is 11.9 Å². The summed E-state index contributed by atoms with van der Waals surface area (Å²) in [7, 11) is 0. The second-order valence-corrected chi connectivity index (χ2v) is 5.44. The Balaban J connectivity index is 2.36. The normalized spacial score (nSPS) is 11.4. The van der Waals surface area contributed by atoms with Crippen molar-refractivity contribution in [3.05, 3.63) is 24.2 Å². The number of nitrogens with one attached hydrogen (secondary N) is 1. The highest BCUT2D eigenvalue weighted by Gasteiger charge is 2.18. The standard InChI is InChI=1S/C12H18BrNO2/c1-12(2,5-3-6-13)9-14-11(15)10-4-7-16-8-10/h4,7-8H,3,5-6,9H2,1-2H3,(H,14,15). The number of rotatable bonds is 6. The Hall–Kier alpha value is -0.770. The van der Waals surface area contributed by atoms with E-state index >= 15 is 0 Å². The summed E-state index contributed by atoms with van der Waals surface area (Å²) < 4.78 is 4.87. The molecule has 1 heterocycles. The van der Waals surface area contributed by atoms with Gasteiger partial charge in [-0.3, -0.25) is 4.79 Å². The summed E-state index contributed by atoms with van der Waals surface area (Å²) in [6.45, 7) is 5.00. The molecular formula is C12H18BrNO2. The van der Waals surface area contributed by atoms with Crippen LogP contribution in [0.25, 0.3) is 0 Å². The number of carbonyl (C=O) groups is 1. The molecule has 90 valence electrons. The van der Waals surface area contributed by atoms with Gasteiger partial charge in [0.15, 0.2) is 0 Å². The Labute approximate surface area is 105 Å². The minimum atomic E-state index is -0.0688. The maximum absolute atomic E-state index is 11.6. The topological polar surface area (TPSA) is 42.2 Å². The van der Waals surface area contributed by atoms with E-state index in [9.17, 15) is 4.79 Å². The van der Waals surface area contributed by atoms with Crippen molar-refractivity contribution >= 4 is 21.8 Å². The molecule has 1 rings (SSSR count). The fourth-order valence-electron chi connectivity index (χ4n) is 1.45. The molecule has 0 aliphatic heterocycles. The summed E-state index contributed by atoms with van der Waals surface area (Å²) in [5, 5.41) is 3.93. The average Bonchev–Trinajstić information content (AvgIpc) is 2.77. The quantitative estimate of drug-likeness (QED) is 0.817. The van der Waals surface area contributed by atoms with Crippen LogP contribution in [0.4, 0.5) is 0 Å². The fourth-order valence-corrected chi connectivity index (χ4v) is 1.73. The third-order valence-corrected chi connectivity index (χ3v) is 3.06. The lowest BCUT2D eigenvalue weighted by Gasteiger charge is -2.24. The molecule has 3 nitrogen and oxygen atoms in total.